The number of nitrogens with zero attached hydrogens (tertiary/aromatic N) is 2. The molecule has 1 aromatic heterocycles. The molecule has 0 fully saturated rings. The van der Waals surface area contributed by atoms with Gasteiger partial charge >= 0.3 is 0 Å². The quantitative estimate of drug-likeness (QED) is 0.671. The van der Waals surface area contributed by atoms with E-state index in [2.05, 4.69) is 9.59 Å². The lowest BCUT2D eigenvalue weighted by Gasteiger charge is -1.98. The number of rotatable bonds is 2. The summed E-state index contributed by atoms with van der Waals surface area (Å²) < 4.78 is 3.65. The molecule has 0 atom stereocenters. The normalized spacial score (nSPS) is 10.5. The van der Waals surface area contributed by atoms with Crippen LogP contribution in [0.4, 0.5) is 0 Å². The van der Waals surface area contributed by atoms with E-state index < -0.39 is 5.24 Å². The molecule has 0 aromatic carbocycles. The maximum Gasteiger partial charge on any atom is 0.265 e. The molecule has 0 saturated heterocycles. The van der Waals surface area contributed by atoms with E-state index in [1.54, 1.807) is 0 Å². The maximum atomic E-state index is 10.7. The predicted molar refractivity (Wildman–Crippen MR) is 44.2 cm³/mol. The van der Waals surface area contributed by atoms with Crippen molar-refractivity contribution >= 4 is 28.4 Å². The lowest BCUT2D eigenvalue weighted by Crippen LogP contribution is -1.95. The predicted octanol–water partition coefficient (Wildman–Crippen LogP) is 2.04. The Bertz CT molecular complexity index is 271. The second-order valence-electron chi connectivity index (χ2n) is 2.42. The molecule has 0 saturated carbocycles. The molecule has 0 radical (unpaired) electrons. The van der Waals surface area contributed by atoms with Gasteiger partial charge in [-0.3, -0.25) is 4.79 Å². The molecule has 1 heterocycles. The molecule has 0 unspecified atom stereocenters. The lowest BCUT2D eigenvalue weighted by molar-refractivity contribution is 0.108. The third-order valence-corrected chi connectivity index (χ3v) is 2.28. The molecule has 3 nitrogen and oxygen atoms in total. The van der Waals surface area contributed by atoms with Crippen LogP contribution in [0.1, 0.15) is 35.1 Å². The van der Waals surface area contributed by atoms with Gasteiger partial charge in [0.15, 0.2) is 0 Å². The summed E-state index contributed by atoms with van der Waals surface area (Å²) in [5.41, 5.74) is 0.690. The van der Waals surface area contributed by atoms with E-state index in [-0.39, 0.29) is 5.92 Å². The van der Waals surface area contributed by atoms with Gasteiger partial charge in [0.25, 0.3) is 5.24 Å². The highest BCUT2D eigenvalue weighted by Crippen LogP contribution is 2.20. The van der Waals surface area contributed by atoms with Crippen LogP contribution < -0.4 is 0 Å². The minimum atomic E-state index is -0.469. The lowest BCUT2D eigenvalue weighted by atomic mass is 10.1. The fourth-order valence-electron chi connectivity index (χ4n) is 0.712. The molecule has 11 heavy (non-hydrogen) atoms. The van der Waals surface area contributed by atoms with Gasteiger partial charge in [0, 0.05) is 0 Å². The number of aromatic nitrogens is 2. The number of carbonyl (C=O) groups is 1. The van der Waals surface area contributed by atoms with Crippen molar-refractivity contribution < 1.29 is 4.79 Å². The molecule has 0 bridgehead atoms. The van der Waals surface area contributed by atoms with Crippen molar-refractivity contribution in [2.75, 3.05) is 0 Å². The van der Waals surface area contributed by atoms with E-state index in [4.69, 9.17) is 11.6 Å². The topological polar surface area (TPSA) is 42.9 Å². The monoisotopic (exact) mass is 190 g/mol. The van der Waals surface area contributed by atoms with Gasteiger partial charge in [0.05, 0.1) is 5.69 Å². The van der Waals surface area contributed by atoms with Gasteiger partial charge in [-0.2, -0.15) is 0 Å². The summed E-state index contributed by atoms with van der Waals surface area (Å²) >= 11 is 6.33. The zero-order valence-electron chi connectivity index (χ0n) is 6.17. The molecular weight excluding hydrogens is 184 g/mol. The summed E-state index contributed by atoms with van der Waals surface area (Å²) in [6.45, 7) is 3.89. The van der Waals surface area contributed by atoms with Crippen molar-refractivity contribution in [2.45, 2.75) is 19.8 Å². The fraction of sp³-hybridized carbons (Fsp3) is 0.500. The van der Waals surface area contributed by atoms with Crippen molar-refractivity contribution in [1.29, 1.82) is 0 Å². The van der Waals surface area contributed by atoms with Crippen molar-refractivity contribution in [3.63, 3.8) is 0 Å². The van der Waals surface area contributed by atoms with Crippen LogP contribution in [0.3, 0.4) is 0 Å². The highest BCUT2D eigenvalue weighted by molar-refractivity contribution is 7.10. The Kier molecular flexibility index (Phi) is 2.57. The third-order valence-electron chi connectivity index (χ3n) is 1.24. The minimum absolute atomic E-state index is 0.200. The Balaban J connectivity index is 3.06. The second kappa shape index (κ2) is 3.28. The number of carbonyl (C=O) groups excluding carboxylic acids is 1. The van der Waals surface area contributed by atoms with Crippen LogP contribution in [0, 0.1) is 0 Å². The summed E-state index contributed by atoms with van der Waals surface area (Å²) in [5.74, 6) is 0.200. The van der Waals surface area contributed by atoms with E-state index in [1.165, 1.54) is 0 Å². The molecule has 0 aliphatic rings. The van der Waals surface area contributed by atoms with Crippen LogP contribution in [0.25, 0.3) is 0 Å². The molecule has 0 N–H and O–H groups in total. The van der Waals surface area contributed by atoms with Crippen LogP contribution in [0.15, 0.2) is 0 Å². The molecule has 1 aromatic rings. The van der Waals surface area contributed by atoms with Crippen molar-refractivity contribution in [1.82, 2.24) is 9.59 Å². The van der Waals surface area contributed by atoms with Crippen LogP contribution >= 0.6 is 23.1 Å². The Hall–Kier alpha value is -0.480. The molecule has 60 valence electrons. The van der Waals surface area contributed by atoms with Crippen molar-refractivity contribution in [3.05, 3.63) is 10.6 Å². The first kappa shape index (κ1) is 8.62. The van der Waals surface area contributed by atoms with Gasteiger partial charge < -0.3 is 0 Å². The largest absolute Gasteiger partial charge is 0.275 e. The van der Waals surface area contributed by atoms with Gasteiger partial charge in [0.1, 0.15) is 4.88 Å². The van der Waals surface area contributed by atoms with Crippen LogP contribution in [-0.2, 0) is 0 Å². The molecule has 0 spiro atoms. The Morgan fingerprint density at radius 2 is 2.27 bits per heavy atom. The summed E-state index contributed by atoms with van der Waals surface area (Å²) in [5, 5.41) is 3.33. The van der Waals surface area contributed by atoms with Crippen molar-refractivity contribution in [3.8, 4) is 0 Å². The average Bonchev–Trinajstić information content (AvgIpc) is 2.32. The van der Waals surface area contributed by atoms with E-state index in [0.29, 0.717) is 10.6 Å². The molecular formula is C6H7ClN2OS. The third kappa shape index (κ3) is 1.75. The molecule has 5 heteroatoms. The standard InChI is InChI=1S/C6H7ClN2OS/c1-3(2)4-5(6(7)10)11-9-8-4/h3H,1-2H3. The minimum Gasteiger partial charge on any atom is -0.275 e. The highest BCUT2D eigenvalue weighted by Gasteiger charge is 2.16. The summed E-state index contributed by atoms with van der Waals surface area (Å²) in [6, 6.07) is 0. The number of hydrogen-bond acceptors (Lipinski definition) is 4. The van der Waals surface area contributed by atoms with Gasteiger partial charge in [-0.1, -0.05) is 18.3 Å². The zero-order chi connectivity index (χ0) is 8.43. The Morgan fingerprint density at radius 3 is 2.64 bits per heavy atom. The van der Waals surface area contributed by atoms with Crippen LogP contribution in [-0.4, -0.2) is 14.8 Å². The van der Waals surface area contributed by atoms with Crippen molar-refractivity contribution in [2.24, 2.45) is 0 Å². The fourth-order valence-corrected chi connectivity index (χ4v) is 1.56. The first-order valence-electron chi connectivity index (χ1n) is 3.15. The second-order valence-corrected chi connectivity index (χ2v) is 3.51. The summed E-state index contributed by atoms with van der Waals surface area (Å²) in [4.78, 5) is 11.2. The van der Waals surface area contributed by atoms with E-state index >= 15 is 0 Å². The Morgan fingerprint density at radius 1 is 1.64 bits per heavy atom. The molecule has 1 rings (SSSR count). The van der Waals surface area contributed by atoms with Gasteiger partial charge in [-0.05, 0) is 29.1 Å². The zero-order valence-corrected chi connectivity index (χ0v) is 7.74. The number of hydrogen-bond donors (Lipinski definition) is 0. The maximum absolute atomic E-state index is 10.7. The summed E-state index contributed by atoms with van der Waals surface area (Å²) in [6.07, 6.45) is 0. The molecule has 0 amide bonds. The van der Waals surface area contributed by atoms with Gasteiger partial charge in [-0.25, -0.2) is 0 Å². The van der Waals surface area contributed by atoms with Gasteiger partial charge in [0.2, 0.25) is 0 Å². The first-order valence-corrected chi connectivity index (χ1v) is 4.30. The molecule has 0 aliphatic heterocycles. The highest BCUT2D eigenvalue weighted by atomic mass is 35.5. The smallest absolute Gasteiger partial charge is 0.265 e. The van der Waals surface area contributed by atoms with E-state index in [9.17, 15) is 4.79 Å². The number of halogens is 1. The summed E-state index contributed by atoms with van der Waals surface area (Å²) in [7, 11) is 0. The SMILES string of the molecule is CC(C)c1nnsc1C(=O)Cl. The Labute approximate surface area is 73.5 Å². The molecule has 0 aliphatic carbocycles. The van der Waals surface area contributed by atoms with Crippen LogP contribution in [0.2, 0.25) is 0 Å². The van der Waals surface area contributed by atoms with Gasteiger partial charge in [-0.15, -0.1) is 5.10 Å². The first-order chi connectivity index (χ1) is 5.13. The van der Waals surface area contributed by atoms with E-state index in [0.717, 1.165) is 11.5 Å². The van der Waals surface area contributed by atoms with Crippen LogP contribution in [0.5, 0.6) is 0 Å². The average molecular weight is 191 g/mol. The van der Waals surface area contributed by atoms with E-state index in [1.807, 2.05) is 13.8 Å².